The number of aliphatic imine (C=N–C) groups is 1. The SMILES string of the molecule is CN=C(NCCCCCC(=O)N1CCN(C(=O)CC(C)C)CC1)NC(C)CCC(C)C. The van der Waals surface area contributed by atoms with Crippen molar-refractivity contribution in [2.24, 2.45) is 16.8 Å². The van der Waals surface area contributed by atoms with Gasteiger partial charge in [-0.25, -0.2) is 0 Å². The molecule has 1 atom stereocenters. The molecule has 0 aromatic heterocycles. The summed E-state index contributed by atoms with van der Waals surface area (Å²) < 4.78 is 0. The maximum Gasteiger partial charge on any atom is 0.222 e. The van der Waals surface area contributed by atoms with Crippen LogP contribution in [0.3, 0.4) is 0 Å². The van der Waals surface area contributed by atoms with E-state index in [1.807, 2.05) is 9.80 Å². The minimum Gasteiger partial charge on any atom is -0.356 e. The predicted molar refractivity (Wildman–Crippen MR) is 129 cm³/mol. The lowest BCUT2D eigenvalue weighted by Gasteiger charge is -2.35. The van der Waals surface area contributed by atoms with Crippen LogP contribution in [0, 0.1) is 11.8 Å². The van der Waals surface area contributed by atoms with E-state index in [2.05, 4.69) is 50.2 Å². The zero-order chi connectivity index (χ0) is 23.2. The molecule has 7 nitrogen and oxygen atoms in total. The van der Waals surface area contributed by atoms with E-state index >= 15 is 0 Å². The van der Waals surface area contributed by atoms with E-state index in [0.717, 1.165) is 44.1 Å². The summed E-state index contributed by atoms with van der Waals surface area (Å²) in [7, 11) is 1.80. The second kappa shape index (κ2) is 15.1. The minimum absolute atomic E-state index is 0.216. The third-order valence-electron chi connectivity index (χ3n) is 5.71. The van der Waals surface area contributed by atoms with Crippen LogP contribution < -0.4 is 10.6 Å². The molecule has 0 aliphatic carbocycles. The highest BCUT2D eigenvalue weighted by Gasteiger charge is 2.23. The average molecular weight is 438 g/mol. The highest BCUT2D eigenvalue weighted by atomic mass is 16.2. The zero-order valence-electron chi connectivity index (χ0n) is 20.9. The summed E-state index contributed by atoms with van der Waals surface area (Å²) in [6.45, 7) is 14.4. The van der Waals surface area contributed by atoms with Crippen LogP contribution in [0.15, 0.2) is 4.99 Å². The van der Waals surface area contributed by atoms with Gasteiger partial charge in [0.05, 0.1) is 0 Å². The molecule has 1 rings (SSSR count). The number of carbonyl (C=O) groups is 2. The Labute approximate surface area is 190 Å². The average Bonchev–Trinajstić information content (AvgIpc) is 2.73. The molecule has 31 heavy (non-hydrogen) atoms. The van der Waals surface area contributed by atoms with Crippen molar-refractivity contribution in [2.75, 3.05) is 39.8 Å². The number of amides is 2. The topological polar surface area (TPSA) is 77.0 Å². The largest absolute Gasteiger partial charge is 0.356 e. The number of nitrogens with one attached hydrogen (secondary N) is 2. The van der Waals surface area contributed by atoms with E-state index in [-0.39, 0.29) is 11.8 Å². The highest BCUT2D eigenvalue weighted by Crippen LogP contribution is 2.11. The van der Waals surface area contributed by atoms with Gasteiger partial charge in [0.1, 0.15) is 0 Å². The Morgan fingerprint density at radius 2 is 1.45 bits per heavy atom. The van der Waals surface area contributed by atoms with Gasteiger partial charge in [-0.05, 0) is 44.4 Å². The van der Waals surface area contributed by atoms with E-state index in [4.69, 9.17) is 0 Å². The van der Waals surface area contributed by atoms with Crippen LogP contribution in [-0.4, -0.2) is 73.4 Å². The van der Waals surface area contributed by atoms with Crippen LogP contribution >= 0.6 is 0 Å². The van der Waals surface area contributed by atoms with Crippen molar-refractivity contribution in [1.29, 1.82) is 0 Å². The third kappa shape index (κ3) is 12.0. The summed E-state index contributed by atoms with van der Waals surface area (Å²) in [5.74, 6) is 2.40. The normalized spacial score (nSPS) is 16.1. The van der Waals surface area contributed by atoms with Gasteiger partial charge >= 0.3 is 0 Å². The number of rotatable bonds is 12. The number of guanidine groups is 1. The van der Waals surface area contributed by atoms with Crippen LogP contribution in [0.1, 0.15) is 79.6 Å². The first-order chi connectivity index (χ1) is 14.7. The second-order valence-corrected chi connectivity index (χ2v) is 9.69. The molecule has 180 valence electrons. The van der Waals surface area contributed by atoms with Crippen molar-refractivity contribution in [3.05, 3.63) is 0 Å². The molecular formula is C24H47N5O2. The molecule has 1 heterocycles. The summed E-state index contributed by atoms with van der Waals surface area (Å²) in [5.41, 5.74) is 0. The van der Waals surface area contributed by atoms with Crippen LogP contribution in [-0.2, 0) is 9.59 Å². The molecule has 0 aromatic carbocycles. The quantitative estimate of drug-likeness (QED) is 0.279. The van der Waals surface area contributed by atoms with Crippen LogP contribution in [0.5, 0.6) is 0 Å². The van der Waals surface area contributed by atoms with Crippen LogP contribution in [0.25, 0.3) is 0 Å². The fraction of sp³-hybridized carbons (Fsp3) is 0.875. The Morgan fingerprint density at radius 3 is 2.00 bits per heavy atom. The summed E-state index contributed by atoms with van der Waals surface area (Å²) in [6, 6.07) is 0.410. The summed E-state index contributed by atoms with van der Waals surface area (Å²) in [5, 5.41) is 6.82. The molecule has 0 aromatic rings. The zero-order valence-corrected chi connectivity index (χ0v) is 20.9. The molecule has 0 saturated carbocycles. The molecule has 1 unspecified atom stereocenters. The summed E-state index contributed by atoms with van der Waals surface area (Å²) in [6.07, 6.45) is 6.49. The van der Waals surface area contributed by atoms with E-state index < -0.39 is 0 Å². The summed E-state index contributed by atoms with van der Waals surface area (Å²) in [4.78, 5) is 32.7. The van der Waals surface area contributed by atoms with Crippen LogP contribution in [0.2, 0.25) is 0 Å². The molecule has 1 aliphatic heterocycles. The van der Waals surface area contributed by atoms with Gasteiger partial charge in [-0.15, -0.1) is 0 Å². The fourth-order valence-corrected chi connectivity index (χ4v) is 3.71. The number of unbranched alkanes of at least 4 members (excludes halogenated alkanes) is 2. The lowest BCUT2D eigenvalue weighted by molar-refractivity contribution is -0.140. The maximum atomic E-state index is 12.4. The Bertz CT molecular complexity index is 554. The molecule has 2 amide bonds. The van der Waals surface area contributed by atoms with E-state index in [0.29, 0.717) is 51.0 Å². The first kappa shape index (κ1) is 27.2. The number of nitrogens with zero attached hydrogens (tertiary/aromatic N) is 3. The Kier molecular flexibility index (Phi) is 13.3. The lowest BCUT2D eigenvalue weighted by atomic mass is 10.0. The molecule has 1 fully saturated rings. The number of piperazine rings is 1. The second-order valence-electron chi connectivity index (χ2n) is 9.69. The van der Waals surface area contributed by atoms with Crippen molar-refractivity contribution in [1.82, 2.24) is 20.4 Å². The van der Waals surface area contributed by atoms with Gasteiger partial charge < -0.3 is 20.4 Å². The van der Waals surface area contributed by atoms with E-state index in [1.54, 1.807) is 7.05 Å². The molecular weight excluding hydrogens is 390 g/mol. The third-order valence-corrected chi connectivity index (χ3v) is 5.71. The Balaban J connectivity index is 2.13. The molecule has 0 radical (unpaired) electrons. The summed E-state index contributed by atoms with van der Waals surface area (Å²) >= 11 is 0. The van der Waals surface area contributed by atoms with Crippen molar-refractivity contribution in [2.45, 2.75) is 85.6 Å². The molecule has 0 spiro atoms. The molecule has 1 aliphatic rings. The van der Waals surface area contributed by atoms with Crippen molar-refractivity contribution in [3.63, 3.8) is 0 Å². The molecule has 0 bridgehead atoms. The molecule has 2 N–H and O–H groups in total. The standard InChI is InChI=1S/C24H47N5O2/c1-19(2)11-12-21(5)27-24(25-6)26-13-9-7-8-10-22(30)28-14-16-29(17-15-28)23(31)18-20(3)4/h19-21H,7-18H2,1-6H3,(H2,25,26,27). The Hall–Kier alpha value is -1.79. The van der Waals surface area contributed by atoms with E-state index in [1.165, 1.54) is 6.42 Å². The van der Waals surface area contributed by atoms with E-state index in [9.17, 15) is 9.59 Å². The van der Waals surface area contributed by atoms with Gasteiger partial charge in [-0.1, -0.05) is 34.1 Å². The monoisotopic (exact) mass is 437 g/mol. The van der Waals surface area contributed by atoms with Crippen LogP contribution in [0.4, 0.5) is 0 Å². The molecule has 1 saturated heterocycles. The van der Waals surface area contributed by atoms with Crippen molar-refractivity contribution >= 4 is 17.8 Å². The van der Waals surface area contributed by atoms with Crippen molar-refractivity contribution < 1.29 is 9.59 Å². The van der Waals surface area contributed by atoms with Gasteiger partial charge in [0.2, 0.25) is 11.8 Å². The van der Waals surface area contributed by atoms with Gasteiger partial charge in [0.25, 0.3) is 0 Å². The van der Waals surface area contributed by atoms with Gasteiger partial charge in [-0.3, -0.25) is 14.6 Å². The minimum atomic E-state index is 0.216. The highest BCUT2D eigenvalue weighted by molar-refractivity contribution is 5.80. The van der Waals surface area contributed by atoms with Gasteiger partial charge in [0.15, 0.2) is 5.96 Å². The smallest absolute Gasteiger partial charge is 0.222 e. The predicted octanol–water partition coefficient (Wildman–Crippen LogP) is 3.25. The number of hydrogen-bond acceptors (Lipinski definition) is 3. The number of hydrogen-bond donors (Lipinski definition) is 2. The first-order valence-electron chi connectivity index (χ1n) is 12.3. The first-order valence-corrected chi connectivity index (χ1v) is 12.3. The maximum absolute atomic E-state index is 12.4. The lowest BCUT2D eigenvalue weighted by Crippen LogP contribution is -2.50. The van der Waals surface area contributed by atoms with Gasteiger partial charge in [-0.2, -0.15) is 0 Å². The fourth-order valence-electron chi connectivity index (χ4n) is 3.71. The van der Waals surface area contributed by atoms with Gasteiger partial charge in [0, 0.05) is 58.7 Å². The van der Waals surface area contributed by atoms with Crippen molar-refractivity contribution in [3.8, 4) is 0 Å². The Morgan fingerprint density at radius 1 is 0.839 bits per heavy atom. The number of carbonyl (C=O) groups excluding carboxylic acids is 2. The molecule has 7 heteroatoms.